The molecule has 0 heterocycles. The molecule has 0 radical (unpaired) electrons. The van der Waals surface area contributed by atoms with Crippen molar-refractivity contribution in [2.45, 2.75) is 194 Å². The molecule has 1 atom stereocenters. The third kappa shape index (κ3) is 29.4. The smallest absolute Gasteiger partial charge is 0.306 e. The normalized spacial score (nSPS) is 12.0. The number of rotatable bonds is 29. The molecule has 0 aliphatic heterocycles. The quantitative estimate of drug-likeness (QED) is 0.0721. The molecule has 0 N–H and O–H groups in total. The second-order valence-electron chi connectivity index (χ2n) is 11.3. The van der Waals surface area contributed by atoms with Crippen molar-refractivity contribution in [1.29, 1.82) is 0 Å². The first-order valence-electron chi connectivity index (χ1n) is 16.4. The fourth-order valence-corrected chi connectivity index (χ4v) is 4.82. The van der Waals surface area contributed by atoms with Gasteiger partial charge in [0.25, 0.3) is 0 Å². The number of hydrogen-bond donors (Lipinski definition) is 0. The summed E-state index contributed by atoms with van der Waals surface area (Å²) in [5, 5.41) is 0. The molecule has 0 fully saturated rings. The van der Waals surface area contributed by atoms with E-state index >= 15 is 0 Å². The minimum atomic E-state index is -0.365. The number of carbonyl (C=O) groups excluding carboxylic acids is 2. The molecule has 0 rings (SSSR count). The van der Waals surface area contributed by atoms with Crippen LogP contribution in [0.4, 0.5) is 0 Å². The van der Waals surface area contributed by atoms with Crippen molar-refractivity contribution in [3.05, 3.63) is 0 Å². The number of esters is 2. The van der Waals surface area contributed by atoms with Crippen LogP contribution in [0, 0.1) is 0 Å². The van der Waals surface area contributed by atoms with E-state index in [1.807, 2.05) is 0 Å². The van der Waals surface area contributed by atoms with Crippen molar-refractivity contribution in [3.63, 3.8) is 0 Å². The Bertz CT molecular complexity index is 491. The van der Waals surface area contributed by atoms with E-state index in [1.54, 1.807) is 6.92 Å². The van der Waals surface area contributed by atoms with Crippen LogP contribution >= 0.6 is 0 Å². The molecule has 1 unspecified atom stereocenters. The number of unbranched alkanes of at least 4 members (excludes halogenated alkanes) is 22. The Hall–Kier alpha value is -1.06. The van der Waals surface area contributed by atoms with Crippen LogP contribution in [0.2, 0.25) is 0 Å². The predicted octanol–water partition coefficient (Wildman–Crippen LogP) is 10.6. The molecular weight excluding hydrogens is 460 g/mol. The van der Waals surface area contributed by atoms with Gasteiger partial charge in [0.05, 0.1) is 0 Å². The minimum absolute atomic E-state index is 0.168. The number of carbonyl (C=O) groups is 2. The van der Waals surface area contributed by atoms with Gasteiger partial charge in [-0.3, -0.25) is 9.59 Å². The highest BCUT2D eigenvalue weighted by molar-refractivity contribution is 5.70. The van der Waals surface area contributed by atoms with Crippen molar-refractivity contribution in [2.24, 2.45) is 0 Å². The molecule has 0 aliphatic rings. The van der Waals surface area contributed by atoms with Crippen LogP contribution in [0.15, 0.2) is 0 Å². The zero-order valence-corrected chi connectivity index (χ0v) is 25.3. The molecule has 0 aromatic heterocycles. The lowest BCUT2D eigenvalue weighted by Crippen LogP contribution is -2.22. The predicted molar refractivity (Wildman–Crippen MR) is 158 cm³/mol. The van der Waals surface area contributed by atoms with E-state index in [0.717, 1.165) is 25.7 Å². The highest BCUT2D eigenvalue weighted by atomic mass is 16.6. The molecule has 4 heteroatoms. The third-order valence-corrected chi connectivity index (χ3v) is 7.28. The minimum Gasteiger partial charge on any atom is -0.462 e. The number of hydrogen-bond acceptors (Lipinski definition) is 4. The Morgan fingerprint density at radius 3 is 1.11 bits per heavy atom. The van der Waals surface area contributed by atoms with E-state index in [-0.39, 0.29) is 24.6 Å². The van der Waals surface area contributed by atoms with E-state index in [2.05, 4.69) is 13.8 Å². The molecule has 0 saturated carbocycles. The fourth-order valence-electron chi connectivity index (χ4n) is 4.82. The highest BCUT2D eigenvalue weighted by Gasteiger charge is 2.12. The van der Waals surface area contributed by atoms with Crippen molar-refractivity contribution < 1.29 is 19.1 Å². The SMILES string of the molecule is CCCCCCCCCCCCCCCC(=O)OC(C)COC(=O)CCCCCCCCCCCCC. The van der Waals surface area contributed by atoms with Gasteiger partial charge in [0, 0.05) is 12.8 Å². The largest absolute Gasteiger partial charge is 0.462 e. The van der Waals surface area contributed by atoms with Crippen LogP contribution in [0.5, 0.6) is 0 Å². The van der Waals surface area contributed by atoms with E-state index in [9.17, 15) is 9.59 Å². The number of ether oxygens (including phenoxy) is 2. The van der Waals surface area contributed by atoms with Gasteiger partial charge in [-0.2, -0.15) is 0 Å². The Morgan fingerprint density at radius 1 is 0.459 bits per heavy atom. The molecule has 37 heavy (non-hydrogen) atoms. The van der Waals surface area contributed by atoms with E-state index in [0.29, 0.717) is 12.8 Å². The zero-order chi connectivity index (χ0) is 27.2. The first-order valence-corrected chi connectivity index (χ1v) is 16.4. The molecule has 4 nitrogen and oxygen atoms in total. The van der Waals surface area contributed by atoms with Crippen LogP contribution in [-0.2, 0) is 19.1 Å². The van der Waals surface area contributed by atoms with E-state index in [1.165, 1.54) is 128 Å². The average Bonchev–Trinajstić information content (AvgIpc) is 2.88. The molecule has 220 valence electrons. The van der Waals surface area contributed by atoms with Crippen molar-refractivity contribution in [2.75, 3.05) is 6.61 Å². The summed E-state index contributed by atoms with van der Waals surface area (Å²) in [6.07, 6.45) is 31.3. The van der Waals surface area contributed by atoms with Gasteiger partial charge in [0.2, 0.25) is 0 Å². The van der Waals surface area contributed by atoms with Crippen LogP contribution in [0.1, 0.15) is 188 Å². The average molecular weight is 525 g/mol. The van der Waals surface area contributed by atoms with Gasteiger partial charge in [-0.15, -0.1) is 0 Å². The Labute approximate surface area is 231 Å². The summed E-state index contributed by atoms with van der Waals surface area (Å²) in [7, 11) is 0. The van der Waals surface area contributed by atoms with Crippen molar-refractivity contribution >= 4 is 11.9 Å². The van der Waals surface area contributed by atoms with Gasteiger partial charge >= 0.3 is 11.9 Å². The molecule has 0 aromatic carbocycles. The lowest BCUT2D eigenvalue weighted by molar-refractivity contribution is -0.158. The maximum Gasteiger partial charge on any atom is 0.306 e. The van der Waals surface area contributed by atoms with Gasteiger partial charge in [0.15, 0.2) is 0 Å². The van der Waals surface area contributed by atoms with Gasteiger partial charge in [-0.05, 0) is 19.8 Å². The standard InChI is InChI=1S/C33H64O4/c1-4-6-8-10-12-14-16-17-19-21-23-25-27-29-33(35)37-31(3)30-36-32(34)28-26-24-22-20-18-15-13-11-9-7-5-2/h31H,4-30H2,1-3H3. The fraction of sp³-hybridized carbons (Fsp3) is 0.939. The third-order valence-electron chi connectivity index (χ3n) is 7.28. The Balaban J connectivity index is 3.42. The summed E-state index contributed by atoms with van der Waals surface area (Å²) in [5.74, 6) is -0.340. The maximum absolute atomic E-state index is 12.0. The zero-order valence-electron chi connectivity index (χ0n) is 25.3. The highest BCUT2D eigenvalue weighted by Crippen LogP contribution is 2.14. The summed E-state index contributed by atoms with van der Waals surface area (Å²) in [6.45, 7) is 6.50. The Morgan fingerprint density at radius 2 is 0.757 bits per heavy atom. The van der Waals surface area contributed by atoms with Gasteiger partial charge in [-0.1, -0.05) is 155 Å². The van der Waals surface area contributed by atoms with Crippen molar-refractivity contribution in [3.8, 4) is 0 Å². The van der Waals surface area contributed by atoms with Gasteiger partial charge in [0.1, 0.15) is 12.7 Å². The van der Waals surface area contributed by atoms with Crippen LogP contribution in [-0.4, -0.2) is 24.6 Å². The lowest BCUT2D eigenvalue weighted by Gasteiger charge is -2.13. The molecule has 0 aromatic rings. The molecule has 0 bridgehead atoms. The molecular formula is C33H64O4. The second kappa shape index (κ2) is 29.5. The summed E-state index contributed by atoms with van der Waals surface area (Å²) >= 11 is 0. The van der Waals surface area contributed by atoms with Gasteiger partial charge in [-0.25, -0.2) is 0 Å². The summed E-state index contributed by atoms with van der Waals surface area (Å²) in [4.78, 5) is 24.0. The molecule has 0 amide bonds. The summed E-state index contributed by atoms with van der Waals surface area (Å²) in [6, 6.07) is 0. The van der Waals surface area contributed by atoms with Crippen LogP contribution < -0.4 is 0 Å². The van der Waals surface area contributed by atoms with E-state index in [4.69, 9.17) is 9.47 Å². The first kappa shape index (κ1) is 35.9. The second-order valence-corrected chi connectivity index (χ2v) is 11.3. The Kier molecular flexibility index (Phi) is 28.7. The molecule has 0 spiro atoms. The van der Waals surface area contributed by atoms with Gasteiger partial charge < -0.3 is 9.47 Å². The van der Waals surface area contributed by atoms with Crippen LogP contribution in [0.25, 0.3) is 0 Å². The topological polar surface area (TPSA) is 52.6 Å². The maximum atomic E-state index is 12.0. The van der Waals surface area contributed by atoms with Crippen LogP contribution in [0.3, 0.4) is 0 Å². The first-order chi connectivity index (χ1) is 18.1. The monoisotopic (exact) mass is 524 g/mol. The summed E-state index contributed by atoms with van der Waals surface area (Å²) < 4.78 is 10.7. The molecule has 0 aliphatic carbocycles. The van der Waals surface area contributed by atoms with Crippen molar-refractivity contribution in [1.82, 2.24) is 0 Å². The molecule has 0 saturated heterocycles. The lowest BCUT2D eigenvalue weighted by atomic mass is 10.0. The van der Waals surface area contributed by atoms with E-state index < -0.39 is 0 Å². The summed E-state index contributed by atoms with van der Waals surface area (Å²) in [5.41, 5.74) is 0.